The van der Waals surface area contributed by atoms with Crippen molar-refractivity contribution >= 4 is 21.4 Å². The van der Waals surface area contributed by atoms with Crippen molar-refractivity contribution in [1.82, 2.24) is 0 Å². The highest BCUT2D eigenvalue weighted by atomic mass is 35.5. The van der Waals surface area contributed by atoms with Gasteiger partial charge in [0.1, 0.15) is 0 Å². The van der Waals surface area contributed by atoms with Crippen LogP contribution in [0.15, 0.2) is 24.3 Å². The second-order valence-corrected chi connectivity index (χ2v) is 7.76. The van der Waals surface area contributed by atoms with Crippen molar-refractivity contribution < 1.29 is 13.2 Å². The molecular weight excluding hydrogens is 286 g/mol. The molecule has 4 nitrogen and oxygen atoms in total. The van der Waals surface area contributed by atoms with Gasteiger partial charge in [-0.3, -0.25) is 0 Å². The maximum absolute atomic E-state index is 12.0. The van der Waals surface area contributed by atoms with E-state index in [0.29, 0.717) is 11.6 Å². The fraction of sp³-hybridized carbons (Fsp3) is 0.538. The van der Waals surface area contributed by atoms with Crippen LogP contribution in [0.1, 0.15) is 11.5 Å². The molecule has 2 rings (SSSR count). The van der Waals surface area contributed by atoms with Crippen molar-refractivity contribution in [2.45, 2.75) is 11.2 Å². The highest BCUT2D eigenvalue weighted by Gasteiger charge is 2.69. The first-order chi connectivity index (χ1) is 8.86. The zero-order valence-corrected chi connectivity index (χ0v) is 12.5. The van der Waals surface area contributed by atoms with Crippen LogP contribution in [0.2, 0.25) is 5.02 Å². The normalized spacial score (nSPS) is 30.3. The Morgan fingerprint density at radius 2 is 2.16 bits per heavy atom. The standard InChI is InChI=1S/C13H18ClNO3S/c1-18-8-13(7-15)11(12(13)19(2,16)17)9-4-3-5-10(14)6-9/h3-6,11-12H,7-8,15H2,1-2H3/t11-,12+,13+/m0/s1. The number of methoxy groups -OCH3 is 1. The maximum Gasteiger partial charge on any atom is 0.151 e. The van der Waals surface area contributed by atoms with E-state index in [1.165, 1.54) is 6.26 Å². The van der Waals surface area contributed by atoms with Crippen molar-refractivity contribution in [2.24, 2.45) is 11.1 Å². The molecule has 3 atom stereocenters. The molecule has 0 radical (unpaired) electrons. The Bertz CT molecular complexity index is 575. The number of hydrogen-bond acceptors (Lipinski definition) is 4. The van der Waals surface area contributed by atoms with Crippen LogP contribution >= 0.6 is 11.6 Å². The molecule has 19 heavy (non-hydrogen) atoms. The van der Waals surface area contributed by atoms with Crippen LogP contribution in [-0.2, 0) is 14.6 Å². The number of nitrogens with two attached hydrogens (primary N) is 1. The van der Waals surface area contributed by atoms with Crippen LogP contribution in [-0.4, -0.2) is 40.2 Å². The van der Waals surface area contributed by atoms with Crippen LogP contribution in [0.4, 0.5) is 0 Å². The molecule has 0 unspecified atom stereocenters. The largest absolute Gasteiger partial charge is 0.384 e. The summed E-state index contributed by atoms with van der Waals surface area (Å²) in [6.07, 6.45) is 1.25. The van der Waals surface area contributed by atoms with E-state index in [9.17, 15) is 8.42 Å². The van der Waals surface area contributed by atoms with Gasteiger partial charge in [-0.05, 0) is 17.7 Å². The van der Waals surface area contributed by atoms with Crippen molar-refractivity contribution in [1.29, 1.82) is 0 Å². The summed E-state index contributed by atoms with van der Waals surface area (Å²) in [5.74, 6) is -0.147. The van der Waals surface area contributed by atoms with E-state index < -0.39 is 20.5 Å². The summed E-state index contributed by atoms with van der Waals surface area (Å²) in [7, 11) is -1.63. The maximum atomic E-state index is 12.0. The average molecular weight is 304 g/mol. The Kier molecular flexibility index (Phi) is 3.93. The summed E-state index contributed by atoms with van der Waals surface area (Å²) >= 11 is 5.98. The lowest BCUT2D eigenvalue weighted by Gasteiger charge is -2.14. The lowest BCUT2D eigenvalue weighted by Crippen LogP contribution is -2.28. The fourth-order valence-corrected chi connectivity index (χ4v) is 5.28. The number of sulfone groups is 1. The van der Waals surface area contributed by atoms with E-state index in [1.807, 2.05) is 12.1 Å². The summed E-state index contributed by atoms with van der Waals surface area (Å²) in [5.41, 5.74) is 6.20. The van der Waals surface area contributed by atoms with Gasteiger partial charge in [-0.15, -0.1) is 0 Å². The van der Waals surface area contributed by atoms with Gasteiger partial charge in [0.05, 0.1) is 11.9 Å². The van der Waals surface area contributed by atoms with Crippen LogP contribution in [0.3, 0.4) is 0 Å². The minimum atomic E-state index is -3.18. The molecule has 0 aliphatic heterocycles. The smallest absolute Gasteiger partial charge is 0.151 e. The van der Waals surface area contributed by atoms with E-state index >= 15 is 0 Å². The molecule has 0 spiro atoms. The SMILES string of the molecule is COC[C@@]1(CN)[C@H](S(C)(=O)=O)[C@@H]1c1cccc(Cl)c1. The van der Waals surface area contributed by atoms with Crippen molar-refractivity contribution in [3.05, 3.63) is 34.9 Å². The molecule has 0 heterocycles. The first-order valence-corrected chi connectivity index (χ1v) is 8.33. The van der Waals surface area contributed by atoms with Gasteiger partial charge in [-0.2, -0.15) is 0 Å². The Hall–Kier alpha value is -0.620. The first kappa shape index (κ1) is 14.8. The van der Waals surface area contributed by atoms with Gasteiger partial charge < -0.3 is 10.5 Å². The third kappa shape index (κ3) is 2.52. The van der Waals surface area contributed by atoms with Crippen LogP contribution < -0.4 is 5.73 Å². The van der Waals surface area contributed by atoms with Gasteiger partial charge in [0.2, 0.25) is 0 Å². The molecule has 0 saturated heterocycles. The van der Waals surface area contributed by atoms with Crippen LogP contribution in [0, 0.1) is 5.41 Å². The number of rotatable bonds is 5. The summed E-state index contributed by atoms with van der Waals surface area (Å²) in [6.45, 7) is 0.605. The predicted octanol–water partition coefficient (Wildman–Crippen LogP) is 1.44. The molecule has 1 aliphatic rings. The second-order valence-electron chi connectivity index (χ2n) is 5.15. The summed E-state index contributed by atoms with van der Waals surface area (Å²) in [5, 5.41) is 0.100. The molecule has 0 aromatic heterocycles. The van der Waals surface area contributed by atoms with E-state index in [2.05, 4.69) is 0 Å². The van der Waals surface area contributed by atoms with E-state index in [1.54, 1.807) is 19.2 Å². The van der Waals surface area contributed by atoms with Crippen LogP contribution in [0.25, 0.3) is 0 Å². The third-order valence-electron chi connectivity index (χ3n) is 3.84. The number of hydrogen-bond donors (Lipinski definition) is 1. The quantitative estimate of drug-likeness (QED) is 0.893. The molecule has 6 heteroatoms. The van der Waals surface area contributed by atoms with Crippen molar-refractivity contribution in [2.75, 3.05) is 26.5 Å². The van der Waals surface area contributed by atoms with Crippen molar-refractivity contribution in [3.8, 4) is 0 Å². The molecular formula is C13H18ClNO3S. The predicted molar refractivity (Wildman–Crippen MR) is 76.2 cm³/mol. The highest BCUT2D eigenvalue weighted by molar-refractivity contribution is 7.91. The summed E-state index contributed by atoms with van der Waals surface area (Å²) in [4.78, 5) is 0. The lowest BCUT2D eigenvalue weighted by atomic mass is 10.00. The Morgan fingerprint density at radius 3 is 2.63 bits per heavy atom. The minimum absolute atomic E-state index is 0.147. The molecule has 2 N–H and O–H groups in total. The van der Waals surface area contributed by atoms with E-state index in [-0.39, 0.29) is 12.5 Å². The van der Waals surface area contributed by atoms with Gasteiger partial charge in [0.25, 0.3) is 0 Å². The zero-order chi connectivity index (χ0) is 14.3. The molecule has 1 aromatic rings. The minimum Gasteiger partial charge on any atom is -0.384 e. The summed E-state index contributed by atoms with van der Waals surface area (Å²) in [6, 6.07) is 7.28. The molecule has 0 bridgehead atoms. The van der Waals surface area contributed by atoms with Gasteiger partial charge in [-0.25, -0.2) is 8.42 Å². The highest BCUT2D eigenvalue weighted by Crippen LogP contribution is 2.62. The number of ether oxygens (including phenoxy) is 1. The fourth-order valence-electron chi connectivity index (χ4n) is 3.08. The first-order valence-electron chi connectivity index (χ1n) is 6.00. The Labute approximate surface area is 118 Å². The van der Waals surface area contributed by atoms with Crippen molar-refractivity contribution in [3.63, 3.8) is 0 Å². The lowest BCUT2D eigenvalue weighted by molar-refractivity contribution is 0.142. The molecule has 1 aliphatic carbocycles. The molecule has 1 saturated carbocycles. The van der Waals surface area contributed by atoms with E-state index in [0.717, 1.165) is 5.56 Å². The Morgan fingerprint density at radius 1 is 1.47 bits per heavy atom. The molecule has 1 aromatic carbocycles. The van der Waals surface area contributed by atoms with Gasteiger partial charge in [0, 0.05) is 36.3 Å². The van der Waals surface area contributed by atoms with Gasteiger partial charge >= 0.3 is 0 Å². The van der Waals surface area contributed by atoms with Crippen LogP contribution in [0.5, 0.6) is 0 Å². The molecule has 106 valence electrons. The van der Waals surface area contributed by atoms with Gasteiger partial charge in [-0.1, -0.05) is 23.7 Å². The monoisotopic (exact) mass is 303 g/mol. The summed E-state index contributed by atoms with van der Waals surface area (Å²) < 4.78 is 29.1. The average Bonchev–Trinajstić information content (AvgIpc) is 2.99. The number of halogens is 1. The second kappa shape index (κ2) is 5.05. The number of benzene rings is 1. The van der Waals surface area contributed by atoms with Gasteiger partial charge in [0.15, 0.2) is 9.84 Å². The third-order valence-corrected chi connectivity index (χ3v) is 5.74. The Balaban J connectivity index is 2.44. The van der Waals surface area contributed by atoms with E-state index in [4.69, 9.17) is 22.1 Å². The topological polar surface area (TPSA) is 69.4 Å². The zero-order valence-electron chi connectivity index (χ0n) is 11.0. The molecule has 1 fully saturated rings. The molecule has 0 amide bonds.